The van der Waals surface area contributed by atoms with Crippen LogP contribution < -0.4 is 0 Å². The molecule has 0 bridgehead atoms. The molecule has 0 saturated heterocycles. The predicted octanol–water partition coefficient (Wildman–Crippen LogP) is 8.13. The molecule has 0 aromatic carbocycles. The minimum Gasteiger partial charge on any atom is -0.194 e. The van der Waals surface area contributed by atoms with Crippen molar-refractivity contribution in [2.24, 2.45) is 32.3 Å². The van der Waals surface area contributed by atoms with Crippen molar-refractivity contribution >= 4 is 0 Å². The molecular weight excluding hydrogens is 320 g/mol. The highest BCUT2D eigenvalue weighted by Crippen LogP contribution is 2.22. The summed E-state index contributed by atoms with van der Waals surface area (Å²) >= 11 is 0. The van der Waals surface area contributed by atoms with Crippen molar-refractivity contribution in [3.05, 3.63) is 0 Å². The summed E-state index contributed by atoms with van der Waals surface area (Å²) in [4.78, 5) is 0. The fourth-order valence-electron chi connectivity index (χ4n) is 2.25. The van der Waals surface area contributed by atoms with Crippen LogP contribution in [0.3, 0.4) is 0 Å². The van der Waals surface area contributed by atoms with Gasteiger partial charge in [0.2, 0.25) is 0 Å². The van der Waals surface area contributed by atoms with Gasteiger partial charge in [-0.1, -0.05) is 67.2 Å². The summed E-state index contributed by atoms with van der Waals surface area (Å²) in [6, 6.07) is 0. The maximum atomic E-state index is 4.46. The highest BCUT2D eigenvalue weighted by molar-refractivity contribution is 4.79. The fourth-order valence-corrected chi connectivity index (χ4v) is 2.25. The molecule has 0 amide bonds. The maximum absolute atomic E-state index is 4.46. The highest BCUT2D eigenvalue weighted by Gasteiger charge is 2.19. The van der Waals surface area contributed by atoms with Gasteiger partial charge in [-0.2, -0.15) is 20.5 Å². The van der Waals surface area contributed by atoms with Crippen molar-refractivity contribution in [3.8, 4) is 0 Å². The minimum absolute atomic E-state index is 0.0137. The normalized spacial score (nSPS) is 15.2. The lowest BCUT2D eigenvalue weighted by Gasteiger charge is -2.22. The fraction of sp³-hybridized carbons (Fsp3) is 1.00. The van der Waals surface area contributed by atoms with Gasteiger partial charge in [-0.05, 0) is 52.4 Å². The van der Waals surface area contributed by atoms with Crippen LogP contribution in [0.15, 0.2) is 20.5 Å². The molecule has 0 aliphatic rings. The number of rotatable bonds is 12. The summed E-state index contributed by atoms with van der Waals surface area (Å²) < 4.78 is 0. The summed E-state index contributed by atoms with van der Waals surface area (Å²) in [5.41, 5.74) is 0.0273. The first-order valence-corrected chi connectivity index (χ1v) is 10.8. The molecule has 0 N–H and O–H groups in total. The van der Waals surface area contributed by atoms with Gasteiger partial charge in [0.15, 0.2) is 0 Å². The van der Waals surface area contributed by atoms with Gasteiger partial charge in [0.25, 0.3) is 0 Å². The average Bonchev–Trinajstić information content (AvgIpc) is 2.57. The first-order valence-electron chi connectivity index (χ1n) is 10.8. The van der Waals surface area contributed by atoms with Gasteiger partial charge in [0.1, 0.15) is 0 Å². The van der Waals surface area contributed by atoms with Crippen molar-refractivity contribution < 1.29 is 0 Å². The van der Waals surface area contributed by atoms with E-state index in [2.05, 4.69) is 89.7 Å². The van der Waals surface area contributed by atoms with Crippen LogP contribution in [0.4, 0.5) is 0 Å². The molecule has 0 aliphatic heterocycles. The van der Waals surface area contributed by atoms with E-state index in [4.69, 9.17) is 0 Å². The molecule has 0 heterocycles. The smallest absolute Gasteiger partial charge is 0.0760 e. The second kappa shape index (κ2) is 15.3. The SMILES string of the molecule is CCC(C)C/N=N/CC(C)CC.CCCC(C)(C)/N=N/C(C)(C)CCC. The highest BCUT2D eigenvalue weighted by atomic mass is 15.2. The van der Waals surface area contributed by atoms with Crippen LogP contribution in [0.5, 0.6) is 0 Å². The zero-order valence-corrected chi connectivity index (χ0v) is 19.6. The molecule has 0 aromatic rings. The minimum atomic E-state index is 0.0137. The van der Waals surface area contributed by atoms with Crippen LogP contribution in [0.1, 0.15) is 108 Å². The zero-order valence-electron chi connectivity index (χ0n) is 19.6. The second-order valence-corrected chi connectivity index (χ2v) is 9.00. The Hall–Kier alpha value is -0.800. The third kappa shape index (κ3) is 18.0. The Bertz CT molecular complexity index is 338. The van der Waals surface area contributed by atoms with E-state index >= 15 is 0 Å². The molecule has 2 unspecified atom stereocenters. The van der Waals surface area contributed by atoms with Gasteiger partial charge < -0.3 is 0 Å². The standard InChI is InChI=1S/C12H26N2.C10H22N2/c1-7-9-11(3,4)13-14-12(5,6)10-8-2;1-5-9(3)7-11-12-8-10(4)6-2/h7-10H2,1-6H3;9-10H,5-8H2,1-4H3/b14-13+;12-11+. The lowest BCUT2D eigenvalue weighted by Crippen LogP contribution is -2.20. The first-order chi connectivity index (χ1) is 12.0. The van der Waals surface area contributed by atoms with Crippen LogP contribution in [0.2, 0.25) is 0 Å². The Morgan fingerprint density at radius 2 is 0.923 bits per heavy atom. The number of hydrogen-bond acceptors (Lipinski definition) is 4. The molecule has 2 atom stereocenters. The topological polar surface area (TPSA) is 49.4 Å². The molecule has 156 valence electrons. The molecule has 0 spiro atoms. The Morgan fingerprint density at radius 3 is 1.15 bits per heavy atom. The van der Waals surface area contributed by atoms with E-state index < -0.39 is 0 Å². The Balaban J connectivity index is 0. The van der Waals surface area contributed by atoms with E-state index in [1.165, 1.54) is 25.7 Å². The van der Waals surface area contributed by atoms with E-state index in [9.17, 15) is 0 Å². The van der Waals surface area contributed by atoms with Crippen molar-refractivity contribution in [1.82, 2.24) is 0 Å². The van der Waals surface area contributed by atoms with E-state index in [1.807, 2.05) is 0 Å². The van der Waals surface area contributed by atoms with E-state index in [-0.39, 0.29) is 11.1 Å². The van der Waals surface area contributed by atoms with Crippen LogP contribution in [0.25, 0.3) is 0 Å². The molecule has 0 radical (unpaired) electrons. The van der Waals surface area contributed by atoms with Gasteiger partial charge in [-0.15, -0.1) is 0 Å². The number of azo groups is 2. The van der Waals surface area contributed by atoms with Crippen LogP contribution in [-0.2, 0) is 0 Å². The van der Waals surface area contributed by atoms with Crippen LogP contribution in [-0.4, -0.2) is 24.2 Å². The van der Waals surface area contributed by atoms with Crippen LogP contribution in [0, 0.1) is 11.8 Å². The van der Waals surface area contributed by atoms with Crippen molar-refractivity contribution in [2.45, 2.75) is 119 Å². The van der Waals surface area contributed by atoms with Crippen molar-refractivity contribution in [2.75, 3.05) is 13.1 Å². The molecule has 26 heavy (non-hydrogen) atoms. The van der Waals surface area contributed by atoms with Gasteiger partial charge in [0, 0.05) is 0 Å². The zero-order chi connectivity index (χ0) is 20.6. The lowest BCUT2D eigenvalue weighted by molar-refractivity contribution is 0.383. The molecule has 0 saturated carbocycles. The average molecular weight is 369 g/mol. The summed E-state index contributed by atoms with van der Waals surface area (Å²) in [6.45, 7) is 23.6. The molecule has 0 aromatic heterocycles. The number of nitrogens with zero attached hydrogens (tertiary/aromatic N) is 4. The van der Waals surface area contributed by atoms with Crippen molar-refractivity contribution in [3.63, 3.8) is 0 Å². The summed E-state index contributed by atoms with van der Waals surface area (Å²) in [5, 5.41) is 17.2. The summed E-state index contributed by atoms with van der Waals surface area (Å²) in [6.07, 6.45) is 6.95. The third-order valence-electron chi connectivity index (χ3n) is 4.60. The van der Waals surface area contributed by atoms with Gasteiger partial charge in [0.05, 0.1) is 24.2 Å². The monoisotopic (exact) mass is 368 g/mol. The Labute approximate surface area is 164 Å². The molecule has 4 heteroatoms. The molecular formula is C22H48N4. The molecule has 0 aliphatic carbocycles. The number of hydrogen-bond donors (Lipinski definition) is 0. The molecule has 0 fully saturated rings. The molecule has 0 rings (SSSR count). The summed E-state index contributed by atoms with van der Waals surface area (Å²) in [7, 11) is 0. The maximum Gasteiger partial charge on any atom is 0.0760 e. The Morgan fingerprint density at radius 1 is 0.615 bits per heavy atom. The van der Waals surface area contributed by atoms with Crippen molar-refractivity contribution in [1.29, 1.82) is 0 Å². The Kier molecular flexibility index (Phi) is 16.1. The van der Waals surface area contributed by atoms with E-state index in [0.717, 1.165) is 25.9 Å². The van der Waals surface area contributed by atoms with E-state index in [0.29, 0.717) is 11.8 Å². The third-order valence-corrected chi connectivity index (χ3v) is 4.60. The summed E-state index contributed by atoms with van der Waals surface area (Å²) in [5.74, 6) is 1.37. The quantitative estimate of drug-likeness (QED) is 0.312. The van der Waals surface area contributed by atoms with E-state index in [1.54, 1.807) is 0 Å². The largest absolute Gasteiger partial charge is 0.194 e. The van der Waals surface area contributed by atoms with Gasteiger partial charge >= 0.3 is 0 Å². The molecule has 4 nitrogen and oxygen atoms in total. The lowest BCUT2D eigenvalue weighted by atomic mass is 9.99. The van der Waals surface area contributed by atoms with Gasteiger partial charge in [-0.3, -0.25) is 0 Å². The van der Waals surface area contributed by atoms with Crippen LogP contribution >= 0.6 is 0 Å². The van der Waals surface area contributed by atoms with Gasteiger partial charge in [-0.25, -0.2) is 0 Å². The first kappa shape index (κ1) is 27.4. The predicted molar refractivity (Wildman–Crippen MR) is 116 cm³/mol. The second-order valence-electron chi connectivity index (χ2n) is 9.00.